The largest absolute Gasteiger partial charge is 0.508 e. The highest BCUT2D eigenvalue weighted by atomic mass is 16.3. The van der Waals surface area contributed by atoms with Crippen molar-refractivity contribution < 1.29 is 9.90 Å². The van der Waals surface area contributed by atoms with E-state index < -0.39 is 0 Å². The van der Waals surface area contributed by atoms with E-state index in [4.69, 9.17) is 0 Å². The molecule has 0 radical (unpaired) electrons. The third-order valence-corrected chi connectivity index (χ3v) is 3.04. The number of benzene rings is 1. The van der Waals surface area contributed by atoms with Crippen LogP contribution in [0.15, 0.2) is 48.8 Å². The van der Waals surface area contributed by atoms with E-state index in [1.165, 1.54) is 0 Å². The van der Waals surface area contributed by atoms with Gasteiger partial charge in [-0.15, -0.1) is 0 Å². The molecule has 94 valence electrons. The van der Waals surface area contributed by atoms with Crippen LogP contribution in [0.5, 0.6) is 5.75 Å². The van der Waals surface area contributed by atoms with Crippen LogP contribution in [0.25, 0.3) is 5.52 Å². The van der Waals surface area contributed by atoms with E-state index in [-0.39, 0.29) is 5.75 Å². The fourth-order valence-electron chi connectivity index (χ4n) is 2.13. The van der Waals surface area contributed by atoms with Crippen molar-refractivity contribution in [2.45, 2.75) is 6.42 Å². The van der Waals surface area contributed by atoms with E-state index >= 15 is 0 Å². The topological polar surface area (TPSA) is 54.6 Å². The molecule has 2 heterocycles. The summed E-state index contributed by atoms with van der Waals surface area (Å²) in [6.45, 7) is 0. The molecule has 0 bridgehead atoms. The maximum atomic E-state index is 10.7. The molecule has 0 aliphatic heterocycles. The number of carbonyl (C=O) groups is 1. The molecule has 3 rings (SSSR count). The Balaban J connectivity index is 1.99. The van der Waals surface area contributed by atoms with Gasteiger partial charge in [-0.25, -0.2) is 4.98 Å². The number of imidazole rings is 1. The zero-order valence-electron chi connectivity index (χ0n) is 10.2. The average Bonchev–Trinajstić information content (AvgIpc) is 2.81. The Hall–Kier alpha value is -2.62. The van der Waals surface area contributed by atoms with Crippen LogP contribution in [0.3, 0.4) is 0 Å². The molecule has 0 atom stereocenters. The lowest BCUT2D eigenvalue weighted by atomic mass is 10.1. The van der Waals surface area contributed by atoms with Crippen molar-refractivity contribution in [3.8, 4) is 5.75 Å². The lowest BCUT2D eigenvalue weighted by Crippen LogP contribution is -1.96. The van der Waals surface area contributed by atoms with E-state index in [2.05, 4.69) is 4.98 Å². The van der Waals surface area contributed by atoms with E-state index in [0.717, 1.165) is 23.2 Å². The summed E-state index contributed by atoms with van der Waals surface area (Å²) in [5, 5.41) is 9.46. The minimum absolute atomic E-state index is 0.251. The zero-order valence-corrected chi connectivity index (χ0v) is 10.2. The maximum Gasteiger partial charge on any atom is 0.150 e. The van der Waals surface area contributed by atoms with Crippen LogP contribution < -0.4 is 0 Å². The molecule has 0 unspecified atom stereocenters. The van der Waals surface area contributed by atoms with Crippen molar-refractivity contribution in [2.24, 2.45) is 0 Å². The van der Waals surface area contributed by atoms with Crippen molar-refractivity contribution in [1.82, 2.24) is 9.38 Å². The summed E-state index contributed by atoms with van der Waals surface area (Å²) in [6.07, 6.45) is 5.03. The van der Waals surface area contributed by atoms with Crippen LogP contribution in [0, 0.1) is 0 Å². The zero-order chi connectivity index (χ0) is 13.2. The third kappa shape index (κ3) is 2.20. The Morgan fingerprint density at radius 1 is 1.26 bits per heavy atom. The summed E-state index contributed by atoms with van der Waals surface area (Å²) in [5.41, 5.74) is 2.52. The highest BCUT2D eigenvalue weighted by Crippen LogP contribution is 2.16. The van der Waals surface area contributed by atoms with Gasteiger partial charge in [0.05, 0.1) is 11.7 Å². The summed E-state index contributed by atoms with van der Waals surface area (Å²) in [5.74, 6) is 1.12. The first-order valence-corrected chi connectivity index (χ1v) is 5.95. The first kappa shape index (κ1) is 11.5. The molecule has 0 saturated heterocycles. The number of rotatable bonds is 3. The van der Waals surface area contributed by atoms with Crippen molar-refractivity contribution in [1.29, 1.82) is 0 Å². The minimum atomic E-state index is 0.251. The molecule has 19 heavy (non-hydrogen) atoms. The molecule has 0 fully saturated rings. The van der Waals surface area contributed by atoms with Gasteiger partial charge in [-0.1, -0.05) is 12.1 Å². The molecule has 0 aliphatic carbocycles. The molecule has 4 heteroatoms. The first-order chi connectivity index (χ1) is 9.26. The summed E-state index contributed by atoms with van der Waals surface area (Å²) in [7, 11) is 0. The van der Waals surface area contributed by atoms with Crippen LogP contribution >= 0.6 is 0 Å². The smallest absolute Gasteiger partial charge is 0.150 e. The Labute approximate surface area is 110 Å². The summed E-state index contributed by atoms with van der Waals surface area (Å²) in [6, 6.07) is 10.7. The number of carbonyl (C=O) groups excluding carboxylic acids is 1. The highest BCUT2D eigenvalue weighted by molar-refractivity contribution is 5.77. The van der Waals surface area contributed by atoms with Crippen LogP contribution in [-0.2, 0) is 6.42 Å². The van der Waals surface area contributed by atoms with Gasteiger partial charge in [0.25, 0.3) is 0 Å². The Morgan fingerprint density at radius 3 is 2.95 bits per heavy atom. The molecule has 3 aromatic rings. The molecule has 4 nitrogen and oxygen atoms in total. The second-order valence-corrected chi connectivity index (χ2v) is 4.39. The highest BCUT2D eigenvalue weighted by Gasteiger charge is 2.05. The monoisotopic (exact) mass is 252 g/mol. The Bertz CT molecular complexity index is 747. The Kier molecular flexibility index (Phi) is 2.76. The fourth-order valence-corrected chi connectivity index (χ4v) is 2.13. The Morgan fingerprint density at radius 2 is 2.16 bits per heavy atom. The van der Waals surface area contributed by atoms with Crippen LogP contribution in [0.4, 0.5) is 0 Å². The SMILES string of the molecule is O=Cc1ccn2c(Cc3cccc(O)c3)ncc2c1. The normalized spacial score (nSPS) is 10.7. The predicted octanol–water partition coefficient (Wildman–Crippen LogP) is 2.44. The van der Waals surface area contributed by atoms with Crippen molar-refractivity contribution in [3.63, 3.8) is 0 Å². The second kappa shape index (κ2) is 4.57. The van der Waals surface area contributed by atoms with E-state index in [9.17, 15) is 9.90 Å². The number of aromatic hydroxyl groups is 1. The third-order valence-electron chi connectivity index (χ3n) is 3.04. The number of aromatic nitrogens is 2. The van der Waals surface area contributed by atoms with E-state index in [0.29, 0.717) is 12.0 Å². The standard InChI is InChI=1S/C15H12N2O2/c18-10-12-4-5-17-13(6-12)9-16-15(17)8-11-2-1-3-14(19)7-11/h1-7,9-10,19H,8H2. The number of aldehydes is 1. The number of hydrogen-bond donors (Lipinski definition) is 1. The molecule has 1 aromatic carbocycles. The number of phenols is 1. The number of phenolic OH excluding ortho intramolecular Hbond substituents is 1. The molecular weight excluding hydrogens is 240 g/mol. The van der Waals surface area contributed by atoms with Gasteiger partial charge in [-0.3, -0.25) is 4.79 Å². The lowest BCUT2D eigenvalue weighted by molar-refractivity contribution is 0.112. The molecule has 0 spiro atoms. The number of hydrogen-bond acceptors (Lipinski definition) is 3. The number of nitrogens with zero attached hydrogens (tertiary/aromatic N) is 2. The second-order valence-electron chi connectivity index (χ2n) is 4.39. The van der Waals surface area contributed by atoms with Crippen molar-refractivity contribution in [2.75, 3.05) is 0 Å². The van der Waals surface area contributed by atoms with Gasteiger partial charge in [0, 0.05) is 18.2 Å². The molecule has 0 amide bonds. The molecule has 0 aliphatic rings. The molecule has 2 aromatic heterocycles. The minimum Gasteiger partial charge on any atom is -0.508 e. The molecule has 0 saturated carbocycles. The predicted molar refractivity (Wildman–Crippen MR) is 71.5 cm³/mol. The average molecular weight is 252 g/mol. The van der Waals surface area contributed by atoms with Gasteiger partial charge in [0.1, 0.15) is 17.9 Å². The molecular formula is C15H12N2O2. The summed E-state index contributed by atoms with van der Waals surface area (Å²) in [4.78, 5) is 15.1. The quantitative estimate of drug-likeness (QED) is 0.728. The number of pyridine rings is 1. The summed E-state index contributed by atoms with van der Waals surface area (Å²) < 4.78 is 1.94. The summed E-state index contributed by atoms with van der Waals surface area (Å²) >= 11 is 0. The van der Waals surface area contributed by atoms with Crippen LogP contribution in [-0.4, -0.2) is 20.8 Å². The fraction of sp³-hybridized carbons (Fsp3) is 0.0667. The van der Waals surface area contributed by atoms with Gasteiger partial charge >= 0.3 is 0 Å². The van der Waals surface area contributed by atoms with Crippen molar-refractivity contribution >= 4 is 11.8 Å². The van der Waals surface area contributed by atoms with Crippen molar-refractivity contribution in [3.05, 3.63) is 65.7 Å². The number of fused-ring (bicyclic) bond motifs is 1. The van der Waals surface area contributed by atoms with Crippen LogP contribution in [0.2, 0.25) is 0 Å². The van der Waals surface area contributed by atoms with Gasteiger partial charge in [0.2, 0.25) is 0 Å². The van der Waals surface area contributed by atoms with Gasteiger partial charge in [-0.2, -0.15) is 0 Å². The first-order valence-electron chi connectivity index (χ1n) is 5.95. The maximum absolute atomic E-state index is 10.7. The van der Waals surface area contributed by atoms with Gasteiger partial charge < -0.3 is 9.51 Å². The van der Waals surface area contributed by atoms with E-state index in [1.807, 2.05) is 22.7 Å². The van der Waals surface area contributed by atoms with E-state index in [1.54, 1.807) is 30.5 Å². The van der Waals surface area contributed by atoms with Gasteiger partial charge in [0.15, 0.2) is 0 Å². The van der Waals surface area contributed by atoms with Gasteiger partial charge in [-0.05, 0) is 29.8 Å². The molecule has 1 N–H and O–H groups in total. The lowest BCUT2D eigenvalue weighted by Gasteiger charge is -2.03. The van der Waals surface area contributed by atoms with Crippen LogP contribution in [0.1, 0.15) is 21.7 Å².